The number of aromatic nitrogens is 6. The van der Waals surface area contributed by atoms with E-state index in [-0.39, 0.29) is 5.56 Å². The van der Waals surface area contributed by atoms with Gasteiger partial charge in [0.05, 0.1) is 30.0 Å². The number of pyridine rings is 1. The van der Waals surface area contributed by atoms with Gasteiger partial charge in [0, 0.05) is 49.8 Å². The van der Waals surface area contributed by atoms with Crippen LogP contribution in [0.15, 0.2) is 53.3 Å². The summed E-state index contributed by atoms with van der Waals surface area (Å²) in [6.45, 7) is 6.45. The molecule has 2 aromatic carbocycles. The molecule has 1 fully saturated rings. The van der Waals surface area contributed by atoms with Gasteiger partial charge in [-0.2, -0.15) is 0 Å². The number of nitrogens with one attached hydrogen (secondary N) is 1. The maximum atomic E-state index is 13.5. The van der Waals surface area contributed by atoms with Gasteiger partial charge in [-0.05, 0) is 53.7 Å². The summed E-state index contributed by atoms with van der Waals surface area (Å²) >= 11 is 1.71. The third-order valence-corrected chi connectivity index (χ3v) is 8.09. The van der Waals surface area contributed by atoms with Crippen LogP contribution in [-0.4, -0.2) is 81.6 Å². The van der Waals surface area contributed by atoms with E-state index in [1.54, 1.807) is 23.1 Å². The maximum absolute atomic E-state index is 13.5. The van der Waals surface area contributed by atoms with Crippen molar-refractivity contribution in [2.24, 2.45) is 0 Å². The fraction of sp³-hybridized carbons (Fsp3) is 0.370. The first kappa shape index (κ1) is 25.4. The summed E-state index contributed by atoms with van der Waals surface area (Å²) in [5.74, 6) is 1.38. The van der Waals surface area contributed by atoms with Gasteiger partial charge in [-0.1, -0.05) is 23.5 Å². The Morgan fingerprint density at radius 2 is 1.95 bits per heavy atom. The molecule has 0 radical (unpaired) electrons. The van der Waals surface area contributed by atoms with Crippen LogP contribution in [0, 0.1) is 0 Å². The number of H-pyrrole nitrogens is 1. The van der Waals surface area contributed by atoms with Crippen molar-refractivity contribution in [1.82, 2.24) is 35.1 Å². The number of piperazine rings is 1. The fourth-order valence-corrected chi connectivity index (χ4v) is 6.09. The molecule has 4 heterocycles. The molecule has 1 atom stereocenters. The molecule has 3 aromatic heterocycles. The molecule has 202 valence electrons. The van der Waals surface area contributed by atoms with Crippen molar-refractivity contribution >= 4 is 37.6 Å². The first-order valence-electron chi connectivity index (χ1n) is 13.0. The highest BCUT2D eigenvalue weighted by Gasteiger charge is 2.33. The molecule has 1 N–H and O–H groups in total. The number of nitrogens with zero attached hydrogens (tertiary/aromatic N) is 7. The van der Waals surface area contributed by atoms with E-state index in [2.05, 4.69) is 36.4 Å². The Labute approximate surface area is 229 Å². The first-order chi connectivity index (χ1) is 19.1. The van der Waals surface area contributed by atoms with Crippen molar-refractivity contribution in [2.75, 3.05) is 51.4 Å². The zero-order valence-corrected chi connectivity index (χ0v) is 22.7. The Bertz CT molecular complexity index is 1610. The largest absolute Gasteiger partial charge is 0.494 e. The highest BCUT2D eigenvalue weighted by atomic mass is 32.1. The average molecular weight is 547 g/mol. The third-order valence-electron chi connectivity index (χ3n) is 6.99. The second-order valence-electron chi connectivity index (χ2n) is 9.38. The van der Waals surface area contributed by atoms with E-state index in [0.29, 0.717) is 44.2 Å². The minimum atomic E-state index is -0.432. The Hall–Kier alpha value is -3.87. The van der Waals surface area contributed by atoms with Crippen molar-refractivity contribution in [2.45, 2.75) is 19.5 Å². The lowest BCUT2D eigenvalue weighted by Gasteiger charge is -2.38. The van der Waals surface area contributed by atoms with Crippen LogP contribution in [0.4, 0.5) is 5.13 Å². The number of para-hydroxylation sites is 1. The lowest BCUT2D eigenvalue weighted by Crippen LogP contribution is -2.49. The summed E-state index contributed by atoms with van der Waals surface area (Å²) in [5.41, 5.74) is 2.21. The number of ether oxygens (including phenoxy) is 2. The van der Waals surface area contributed by atoms with Crippen LogP contribution in [0.3, 0.4) is 0 Å². The number of thiazole rings is 1. The highest BCUT2D eigenvalue weighted by Crippen LogP contribution is 2.32. The number of fused-ring (bicyclic) bond motifs is 2. The zero-order chi connectivity index (χ0) is 26.8. The van der Waals surface area contributed by atoms with Gasteiger partial charge in [0.25, 0.3) is 5.56 Å². The molecule has 12 heteroatoms. The zero-order valence-electron chi connectivity index (χ0n) is 21.9. The SMILES string of the molecule is CCOc1ccc2[nH]c(=O)c([C@@H](c3nnnn3CCOC)N3CCN(c4nc5ccccc5s4)CC3)cc2c1. The van der Waals surface area contributed by atoms with Crippen LogP contribution in [0.5, 0.6) is 5.75 Å². The van der Waals surface area contributed by atoms with Crippen LogP contribution >= 0.6 is 11.3 Å². The summed E-state index contributed by atoms with van der Waals surface area (Å²) in [6, 6.07) is 15.4. The summed E-state index contributed by atoms with van der Waals surface area (Å²) in [6.07, 6.45) is 0. The summed E-state index contributed by atoms with van der Waals surface area (Å²) in [7, 11) is 1.65. The molecule has 6 rings (SSSR count). The van der Waals surface area contributed by atoms with Gasteiger partial charge in [-0.25, -0.2) is 9.67 Å². The number of methoxy groups -OCH3 is 1. The molecule has 0 amide bonds. The highest BCUT2D eigenvalue weighted by molar-refractivity contribution is 7.22. The van der Waals surface area contributed by atoms with Crippen LogP contribution in [0.1, 0.15) is 24.4 Å². The van der Waals surface area contributed by atoms with Crippen LogP contribution in [0.2, 0.25) is 0 Å². The van der Waals surface area contributed by atoms with E-state index in [4.69, 9.17) is 14.5 Å². The average Bonchev–Trinajstić information content (AvgIpc) is 3.60. The molecule has 1 aliphatic rings. The van der Waals surface area contributed by atoms with Crippen molar-refractivity contribution in [3.63, 3.8) is 0 Å². The number of rotatable bonds is 9. The second kappa shape index (κ2) is 11.1. The number of benzene rings is 2. The smallest absolute Gasteiger partial charge is 0.253 e. The number of hydrogen-bond acceptors (Lipinski definition) is 10. The lowest BCUT2D eigenvalue weighted by atomic mass is 10.0. The molecule has 0 spiro atoms. The Kier molecular flexibility index (Phi) is 7.22. The predicted molar refractivity (Wildman–Crippen MR) is 151 cm³/mol. The molecule has 1 saturated heterocycles. The molecule has 1 aliphatic heterocycles. The molecule has 5 aromatic rings. The Morgan fingerprint density at radius 3 is 2.74 bits per heavy atom. The van der Waals surface area contributed by atoms with E-state index >= 15 is 0 Å². The van der Waals surface area contributed by atoms with E-state index in [0.717, 1.165) is 40.4 Å². The van der Waals surface area contributed by atoms with Crippen molar-refractivity contribution in [3.05, 3.63) is 70.3 Å². The second-order valence-corrected chi connectivity index (χ2v) is 10.4. The van der Waals surface area contributed by atoms with Crippen LogP contribution in [-0.2, 0) is 11.3 Å². The monoisotopic (exact) mass is 546 g/mol. The van der Waals surface area contributed by atoms with E-state index in [1.807, 2.05) is 49.4 Å². The predicted octanol–water partition coefficient (Wildman–Crippen LogP) is 3.08. The van der Waals surface area contributed by atoms with E-state index < -0.39 is 6.04 Å². The minimum Gasteiger partial charge on any atom is -0.494 e. The van der Waals surface area contributed by atoms with Gasteiger partial charge in [-0.15, -0.1) is 5.10 Å². The van der Waals surface area contributed by atoms with E-state index in [1.165, 1.54) is 4.70 Å². The van der Waals surface area contributed by atoms with Crippen molar-refractivity contribution in [3.8, 4) is 5.75 Å². The lowest BCUT2D eigenvalue weighted by molar-refractivity contribution is 0.171. The van der Waals surface area contributed by atoms with Gasteiger partial charge < -0.3 is 19.4 Å². The Balaban J connectivity index is 1.35. The molecular weight excluding hydrogens is 516 g/mol. The van der Waals surface area contributed by atoms with Crippen molar-refractivity contribution < 1.29 is 9.47 Å². The molecule has 39 heavy (non-hydrogen) atoms. The van der Waals surface area contributed by atoms with E-state index in [9.17, 15) is 4.79 Å². The van der Waals surface area contributed by atoms with Crippen LogP contribution < -0.4 is 15.2 Å². The van der Waals surface area contributed by atoms with Crippen LogP contribution in [0.25, 0.3) is 21.1 Å². The van der Waals surface area contributed by atoms with Gasteiger partial charge in [-0.3, -0.25) is 9.69 Å². The first-order valence-corrected chi connectivity index (χ1v) is 13.9. The number of anilines is 1. The summed E-state index contributed by atoms with van der Waals surface area (Å²) in [5, 5.41) is 14.5. The third kappa shape index (κ3) is 5.10. The number of tetrazole rings is 1. The van der Waals surface area contributed by atoms with Gasteiger partial charge >= 0.3 is 0 Å². The topological polar surface area (TPSA) is 114 Å². The quantitative estimate of drug-likeness (QED) is 0.298. The molecule has 11 nitrogen and oxygen atoms in total. The molecule has 0 saturated carbocycles. The standard InChI is InChI=1S/C27H30N8O3S/c1-3-38-19-8-9-21-18(16-19)17-20(26(36)28-21)24(25-30-31-32-35(25)14-15-37-2)33-10-12-34(13-11-33)27-29-22-6-4-5-7-23(22)39-27/h4-9,16-17,24H,3,10-15H2,1-2H3,(H,28,36)/t24-/m0/s1. The maximum Gasteiger partial charge on any atom is 0.253 e. The summed E-state index contributed by atoms with van der Waals surface area (Å²) in [4.78, 5) is 26.0. The normalized spacial score (nSPS) is 15.3. The van der Waals surface area contributed by atoms with Gasteiger partial charge in [0.15, 0.2) is 11.0 Å². The Morgan fingerprint density at radius 1 is 1.10 bits per heavy atom. The molecule has 0 aliphatic carbocycles. The van der Waals surface area contributed by atoms with Gasteiger partial charge in [0.1, 0.15) is 11.8 Å². The molecule has 0 bridgehead atoms. The fourth-order valence-electron chi connectivity index (χ4n) is 5.07. The van der Waals surface area contributed by atoms with Gasteiger partial charge in [0.2, 0.25) is 0 Å². The summed E-state index contributed by atoms with van der Waals surface area (Å²) < 4.78 is 13.9. The molecule has 0 unspecified atom stereocenters. The minimum absolute atomic E-state index is 0.161. The van der Waals surface area contributed by atoms with Crippen molar-refractivity contribution in [1.29, 1.82) is 0 Å². The molecular formula is C27H30N8O3S. The number of aromatic amines is 1. The number of hydrogen-bond donors (Lipinski definition) is 1.